The molecule has 0 aliphatic rings. The molecule has 0 bridgehead atoms. The van der Waals surface area contributed by atoms with E-state index < -0.39 is 10.0 Å². The van der Waals surface area contributed by atoms with E-state index in [2.05, 4.69) is 4.72 Å². The number of rotatable bonds is 4. The molecule has 0 unspecified atom stereocenters. The third kappa shape index (κ3) is 2.91. The van der Waals surface area contributed by atoms with Crippen LogP contribution in [0.1, 0.15) is 5.56 Å². The van der Waals surface area contributed by atoms with Gasteiger partial charge in [-0.2, -0.15) is 0 Å². The minimum absolute atomic E-state index is 0.135. The average Bonchev–Trinajstić information content (AvgIpc) is 2.38. The molecule has 0 spiro atoms. The maximum Gasteiger partial charge on any atom is 0.264 e. The Kier molecular flexibility index (Phi) is 4.25. The summed E-state index contributed by atoms with van der Waals surface area (Å²) in [5.41, 5.74) is 7.24. The molecule has 0 aromatic heterocycles. The fourth-order valence-corrected chi connectivity index (χ4v) is 4.03. The van der Waals surface area contributed by atoms with Crippen molar-refractivity contribution in [3.05, 3.63) is 48.0 Å². The summed E-state index contributed by atoms with van der Waals surface area (Å²) in [5, 5.41) is 0. The number of nitrogen functional groups attached to an aromatic ring is 1. The number of aryl methyl sites for hydroxylation is 1. The maximum absolute atomic E-state index is 12.5. The molecular formula is C14H16N2O2S2. The summed E-state index contributed by atoms with van der Waals surface area (Å²) < 4.78 is 27.6. The summed E-state index contributed by atoms with van der Waals surface area (Å²) in [5.74, 6) is 0. The summed E-state index contributed by atoms with van der Waals surface area (Å²) in [4.78, 5) is 0.999. The lowest BCUT2D eigenvalue weighted by Gasteiger charge is -2.14. The smallest absolute Gasteiger partial charge is 0.264 e. The molecule has 0 atom stereocenters. The molecule has 2 aromatic rings. The van der Waals surface area contributed by atoms with Gasteiger partial charge in [-0.15, -0.1) is 11.8 Å². The van der Waals surface area contributed by atoms with Crippen LogP contribution in [0.5, 0.6) is 0 Å². The topological polar surface area (TPSA) is 72.2 Å². The highest BCUT2D eigenvalue weighted by atomic mass is 32.2. The monoisotopic (exact) mass is 308 g/mol. The fraction of sp³-hybridized carbons (Fsp3) is 0.143. The summed E-state index contributed by atoms with van der Waals surface area (Å²) in [6, 6.07) is 12.3. The second-order valence-corrected chi connectivity index (χ2v) is 6.77. The zero-order chi connectivity index (χ0) is 14.8. The lowest BCUT2D eigenvalue weighted by Crippen LogP contribution is -2.16. The highest BCUT2D eigenvalue weighted by Crippen LogP contribution is 2.29. The Balaban J connectivity index is 2.47. The molecule has 2 aromatic carbocycles. The minimum Gasteiger partial charge on any atom is -0.398 e. The quantitative estimate of drug-likeness (QED) is 0.672. The molecule has 3 N–H and O–H groups in total. The van der Waals surface area contributed by atoms with Gasteiger partial charge in [0, 0.05) is 4.90 Å². The first kappa shape index (κ1) is 14.7. The average molecular weight is 308 g/mol. The van der Waals surface area contributed by atoms with Crippen molar-refractivity contribution in [2.75, 3.05) is 16.7 Å². The van der Waals surface area contributed by atoms with Crippen LogP contribution in [-0.4, -0.2) is 14.7 Å². The molecule has 0 saturated heterocycles. The SMILES string of the molecule is CSc1ccccc1NS(=O)(=O)c1c(C)cccc1N. The van der Waals surface area contributed by atoms with Gasteiger partial charge in [0.05, 0.1) is 11.4 Å². The van der Waals surface area contributed by atoms with Crippen molar-refractivity contribution in [1.29, 1.82) is 0 Å². The molecule has 0 amide bonds. The van der Waals surface area contributed by atoms with E-state index in [1.54, 1.807) is 37.3 Å². The maximum atomic E-state index is 12.5. The van der Waals surface area contributed by atoms with Gasteiger partial charge in [-0.3, -0.25) is 4.72 Å². The van der Waals surface area contributed by atoms with Crippen LogP contribution in [0.15, 0.2) is 52.3 Å². The van der Waals surface area contributed by atoms with Crippen LogP contribution in [-0.2, 0) is 10.0 Å². The van der Waals surface area contributed by atoms with Gasteiger partial charge in [0.15, 0.2) is 0 Å². The standard InChI is InChI=1S/C14H16N2O2S2/c1-10-6-5-7-11(15)14(10)20(17,18)16-12-8-3-4-9-13(12)19-2/h3-9,16H,15H2,1-2H3. The molecule has 2 rings (SSSR count). The molecule has 0 aliphatic heterocycles. The Morgan fingerprint density at radius 1 is 1.10 bits per heavy atom. The number of para-hydroxylation sites is 1. The van der Waals surface area contributed by atoms with Crippen LogP contribution in [0, 0.1) is 6.92 Å². The second-order valence-electron chi connectivity index (χ2n) is 4.30. The van der Waals surface area contributed by atoms with E-state index in [1.165, 1.54) is 11.8 Å². The van der Waals surface area contributed by atoms with Gasteiger partial charge in [-0.25, -0.2) is 8.42 Å². The van der Waals surface area contributed by atoms with E-state index in [0.717, 1.165) is 4.90 Å². The number of anilines is 2. The van der Waals surface area contributed by atoms with Gasteiger partial charge in [0.2, 0.25) is 0 Å². The van der Waals surface area contributed by atoms with Gasteiger partial charge in [-0.05, 0) is 36.9 Å². The zero-order valence-electron chi connectivity index (χ0n) is 11.3. The first-order valence-electron chi connectivity index (χ1n) is 5.96. The Bertz CT molecular complexity index is 707. The number of hydrogen-bond acceptors (Lipinski definition) is 4. The van der Waals surface area contributed by atoms with Crippen molar-refractivity contribution >= 4 is 33.2 Å². The van der Waals surface area contributed by atoms with Crippen LogP contribution in [0.25, 0.3) is 0 Å². The molecule has 6 heteroatoms. The van der Waals surface area contributed by atoms with Crippen LogP contribution in [0.4, 0.5) is 11.4 Å². The molecule has 0 fully saturated rings. The van der Waals surface area contributed by atoms with Crippen molar-refractivity contribution < 1.29 is 8.42 Å². The minimum atomic E-state index is -3.70. The number of thioether (sulfide) groups is 1. The third-order valence-corrected chi connectivity index (χ3v) is 5.24. The Hall–Kier alpha value is -1.66. The lowest BCUT2D eigenvalue weighted by atomic mass is 10.2. The molecular weight excluding hydrogens is 292 g/mol. The number of hydrogen-bond donors (Lipinski definition) is 2. The molecule has 0 aliphatic carbocycles. The van der Waals surface area contributed by atoms with Crippen LogP contribution in [0.3, 0.4) is 0 Å². The third-order valence-electron chi connectivity index (χ3n) is 2.86. The van der Waals surface area contributed by atoms with Gasteiger partial charge < -0.3 is 5.73 Å². The van der Waals surface area contributed by atoms with Crippen molar-refractivity contribution in [3.63, 3.8) is 0 Å². The first-order valence-corrected chi connectivity index (χ1v) is 8.67. The summed E-state index contributed by atoms with van der Waals surface area (Å²) in [7, 11) is -3.70. The van der Waals surface area contributed by atoms with E-state index in [0.29, 0.717) is 11.3 Å². The molecule has 0 radical (unpaired) electrons. The largest absolute Gasteiger partial charge is 0.398 e. The summed E-state index contributed by atoms with van der Waals surface area (Å²) in [6.45, 7) is 1.73. The molecule has 0 saturated carbocycles. The van der Waals surface area contributed by atoms with E-state index in [1.807, 2.05) is 18.4 Å². The van der Waals surface area contributed by atoms with Crippen molar-refractivity contribution in [2.24, 2.45) is 0 Å². The molecule has 106 valence electrons. The van der Waals surface area contributed by atoms with Gasteiger partial charge in [-0.1, -0.05) is 24.3 Å². The molecule has 20 heavy (non-hydrogen) atoms. The number of benzene rings is 2. The highest BCUT2D eigenvalue weighted by molar-refractivity contribution is 7.99. The van der Waals surface area contributed by atoms with Crippen molar-refractivity contribution in [1.82, 2.24) is 0 Å². The highest BCUT2D eigenvalue weighted by Gasteiger charge is 2.20. The van der Waals surface area contributed by atoms with Gasteiger partial charge in [0.1, 0.15) is 4.90 Å². The summed E-state index contributed by atoms with van der Waals surface area (Å²) in [6.07, 6.45) is 1.90. The summed E-state index contributed by atoms with van der Waals surface area (Å²) >= 11 is 1.48. The van der Waals surface area contributed by atoms with E-state index >= 15 is 0 Å². The van der Waals surface area contributed by atoms with E-state index in [-0.39, 0.29) is 10.6 Å². The lowest BCUT2D eigenvalue weighted by molar-refractivity contribution is 0.601. The van der Waals surface area contributed by atoms with Crippen LogP contribution >= 0.6 is 11.8 Å². The van der Waals surface area contributed by atoms with E-state index in [4.69, 9.17) is 5.73 Å². The van der Waals surface area contributed by atoms with Crippen LogP contribution in [0.2, 0.25) is 0 Å². The number of nitrogens with one attached hydrogen (secondary N) is 1. The Morgan fingerprint density at radius 2 is 1.80 bits per heavy atom. The predicted octanol–water partition coefficient (Wildman–Crippen LogP) is 3.10. The van der Waals surface area contributed by atoms with Gasteiger partial charge >= 0.3 is 0 Å². The molecule has 0 heterocycles. The fourth-order valence-electron chi connectivity index (χ4n) is 1.97. The zero-order valence-corrected chi connectivity index (χ0v) is 12.9. The normalized spacial score (nSPS) is 11.3. The molecule has 4 nitrogen and oxygen atoms in total. The number of nitrogens with two attached hydrogens (primary N) is 1. The first-order chi connectivity index (χ1) is 9.45. The predicted molar refractivity (Wildman–Crippen MR) is 84.6 cm³/mol. The van der Waals surface area contributed by atoms with Crippen molar-refractivity contribution in [2.45, 2.75) is 16.7 Å². The number of sulfonamides is 1. The second kappa shape index (κ2) is 5.76. The Morgan fingerprint density at radius 3 is 2.45 bits per heavy atom. The van der Waals surface area contributed by atoms with Gasteiger partial charge in [0.25, 0.3) is 10.0 Å². The van der Waals surface area contributed by atoms with Crippen LogP contribution < -0.4 is 10.5 Å². The van der Waals surface area contributed by atoms with Crippen molar-refractivity contribution in [3.8, 4) is 0 Å². The van der Waals surface area contributed by atoms with E-state index in [9.17, 15) is 8.42 Å². The Labute approximate surface area is 123 Å².